The summed E-state index contributed by atoms with van der Waals surface area (Å²) in [5.74, 6) is -1.43. The SMILES string of the molecule is CC.COC(=O)c1cc(C)cc(OS(=O)(=O)C(F)(F)F)c1. The summed E-state index contributed by atoms with van der Waals surface area (Å²) in [6, 6.07) is 3.22. The second-order valence-corrected chi connectivity index (χ2v) is 5.05. The maximum atomic E-state index is 12.1. The zero-order chi connectivity index (χ0) is 16.8. The summed E-state index contributed by atoms with van der Waals surface area (Å²) < 4.78 is 66.4. The van der Waals surface area contributed by atoms with E-state index in [-0.39, 0.29) is 5.56 Å². The molecule has 9 heteroatoms. The Morgan fingerprint density at radius 3 is 2.10 bits per heavy atom. The van der Waals surface area contributed by atoms with E-state index >= 15 is 0 Å². The van der Waals surface area contributed by atoms with Crippen LogP contribution in [-0.4, -0.2) is 27.0 Å². The highest BCUT2D eigenvalue weighted by Gasteiger charge is 2.48. The molecule has 1 aromatic rings. The van der Waals surface area contributed by atoms with E-state index in [1.165, 1.54) is 13.0 Å². The number of hydrogen-bond acceptors (Lipinski definition) is 5. The molecular weight excluding hydrogens is 313 g/mol. The summed E-state index contributed by atoms with van der Waals surface area (Å²) >= 11 is 0. The van der Waals surface area contributed by atoms with Crippen LogP contribution >= 0.6 is 0 Å². The molecule has 0 aliphatic carbocycles. The molecule has 5 nitrogen and oxygen atoms in total. The van der Waals surface area contributed by atoms with Gasteiger partial charge in [0, 0.05) is 0 Å². The average molecular weight is 328 g/mol. The topological polar surface area (TPSA) is 69.7 Å². The molecule has 0 radical (unpaired) electrons. The lowest BCUT2D eigenvalue weighted by Crippen LogP contribution is -2.28. The summed E-state index contributed by atoms with van der Waals surface area (Å²) in [6.45, 7) is 5.46. The van der Waals surface area contributed by atoms with Crippen LogP contribution in [0.4, 0.5) is 13.2 Å². The van der Waals surface area contributed by atoms with Gasteiger partial charge in [-0.2, -0.15) is 21.6 Å². The average Bonchev–Trinajstić information content (AvgIpc) is 2.37. The summed E-state index contributed by atoms with van der Waals surface area (Å²) in [4.78, 5) is 11.2. The van der Waals surface area contributed by atoms with Crippen molar-refractivity contribution in [2.75, 3.05) is 7.11 Å². The standard InChI is InChI=1S/C10H9F3O5S.C2H6/c1-6-3-7(9(14)17-2)5-8(4-6)18-19(15,16)10(11,12)13;1-2/h3-5H,1-2H3;1-2H3. The zero-order valence-corrected chi connectivity index (χ0v) is 12.6. The lowest BCUT2D eigenvalue weighted by molar-refractivity contribution is -0.0500. The first-order valence-electron chi connectivity index (χ1n) is 5.77. The molecule has 21 heavy (non-hydrogen) atoms. The molecule has 1 rings (SSSR count). The predicted molar refractivity (Wildman–Crippen MR) is 69.5 cm³/mol. The molecule has 0 aromatic heterocycles. The third kappa shape index (κ3) is 5.25. The Balaban J connectivity index is 0.00000191. The molecular formula is C12H15F3O5S. The van der Waals surface area contributed by atoms with Crippen LogP contribution in [0, 0.1) is 6.92 Å². The van der Waals surface area contributed by atoms with Gasteiger partial charge in [0.15, 0.2) is 0 Å². The molecule has 0 aliphatic rings. The van der Waals surface area contributed by atoms with E-state index in [0.29, 0.717) is 5.56 Å². The van der Waals surface area contributed by atoms with E-state index in [1.807, 2.05) is 13.8 Å². The van der Waals surface area contributed by atoms with Crippen molar-refractivity contribution >= 4 is 16.1 Å². The Labute approximate surface area is 120 Å². The minimum absolute atomic E-state index is 0.116. The van der Waals surface area contributed by atoms with Crippen LogP contribution in [0.5, 0.6) is 5.75 Å². The van der Waals surface area contributed by atoms with Gasteiger partial charge in [-0.25, -0.2) is 4.79 Å². The summed E-state index contributed by atoms with van der Waals surface area (Å²) in [6.07, 6.45) is 0. The second kappa shape index (κ2) is 7.30. The van der Waals surface area contributed by atoms with Crippen molar-refractivity contribution < 1.29 is 35.3 Å². The van der Waals surface area contributed by atoms with E-state index in [4.69, 9.17) is 0 Å². The largest absolute Gasteiger partial charge is 0.534 e. The molecule has 120 valence electrons. The monoisotopic (exact) mass is 328 g/mol. The molecule has 0 saturated heterocycles. The highest BCUT2D eigenvalue weighted by molar-refractivity contribution is 7.88. The highest BCUT2D eigenvalue weighted by atomic mass is 32.2. The van der Waals surface area contributed by atoms with E-state index in [2.05, 4.69) is 8.92 Å². The smallest absolute Gasteiger partial charge is 0.465 e. The van der Waals surface area contributed by atoms with Gasteiger partial charge in [-0.05, 0) is 30.7 Å². The van der Waals surface area contributed by atoms with Gasteiger partial charge in [-0.3, -0.25) is 0 Å². The Morgan fingerprint density at radius 2 is 1.67 bits per heavy atom. The molecule has 0 N–H and O–H groups in total. The van der Waals surface area contributed by atoms with Crippen molar-refractivity contribution in [3.05, 3.63) is 29.3 Å². The van der Waals surface area contributed by atoms with E-state index in [0.717, 1.165) is 19.2 Å². The number of aryl methyl sites for hydroxylation is 1. The minimum Gasteiger partial charge on any atom is -0.465 e. The molecule has 0 saturated carbocycles. The van der Waals surface area contributed by atoms with Crippen LogP contribution in [0.1, 0.15) is 29.8 Å². The Morgan fingerprint density at radius 1 is 1.14 bits per heavy atom. The predicted octanol–water partition coefficient (Wildman–Crippen LogP) is 3.04. The first kappa shape index (κ1) is 19.2. The maximum absolute atomic E-state index is 12.1. The highest BCUT2D eigenvalue weighted by Crippen LogP contribution is 2.28. The molecule has 0 bridgehead atoms. The molecule has 0 spiro atoms. The maximum Gasteiger partial charge on any atom is 0.534 e. The van der Waals surface area contributed by atoms with Crippen molar-refractivity contribution in [3.8, 4) is 5.75 Å². The lowest BCUT2D eigenvalue weighted by atomic mass is 10.1. The molecule has 1 aromatic carbocycles. The van der Waals surface area contributed by atoms with Gasteiger partial charge in [0.1, 0.15) is 5.75 Å². The Kier molecular flexibility index (Phi) is 6.68. The first-order chi connectivity index (χ1) is 9.56. The van der Waals surface area contributed by atoms with Gasteiger partial charge in [0.2, 0.25) is 0 Å². The molecule has 0 heterocycles. The van der Waals surface area contributed by atoms with E-state index < -0.39 is 27.3 Å². The Hall–Kier alpha value is -1.77. The normalized spacial score (nSPS) is 11.2. The molecule has 0 atom stereocenters. The number of hydrogen-bond donors (Lipinski definition) is 0. The number of carbonyl (C=O) groups is 1. The third-order valence-corrected chi connectivity index (χ3v) is 2.94. The summed E-state index contributed by atoms with van der Waals surface area (Å²) in [5, 5.41) is 0. The fourth-order valence-electron chi connectivity index (χ4n) is 1.21. The lowest BCUT2D eigenvalue weighted by Gasteiger charge is -2.10. The van der Waals surface area contributed by atoms with E-state index in [9.17, 15) is 26.4 Å². The van der Waals surface area contributed by atoms with Gasteiger partial charge >= 0.3 is 21.6 Å². The van der Waals surface area contributed by atoms with Crippen LogP contribution < -0.4 is 4.18 Å². The Bertz CT molecular complexity index is 593. The van der Waals surface area contributed by atoms with Crippen molar-refractivity contribution in [1.29, 1.82) is 0 Å². The van der Waals surface area contributed by atoms with Crippen LogP contribution in [0.15, 0.2) is 18.2 Å². The molecule has 0 fully saturated rings. The quantitative estimate of drug-likeness (QED) is 0.484. The number of carbonyl (C=O) groups excluding carboxylic acids is 1. The zero-order valence-electron chi connectivity index (χ0n) is 11.8. The van der Waals surface area contributed by atoms with Crippen molar-refractivity contribution in [3.63, 3.8) is 0 Å². The third-order valence-electron chi connectivity index (χ3n) is 1.96. The van der Waals surface area contributed by atoms with Crippen molar-refractivity contribution in [2.24, 2.45) is 0 Å². The van der Waals surface area contributed by atoms with Gasteiger partial charge in [0.25, 0.3) is 0 Å². The number of rotatable bonds is 3. The summed E-state index contributed by atoms with van der Waals surface area (Å²) in [7, 11) is -4.69. The van der Waals surface area contributed by atoms with Crippen LogP contribution in [-0.2, 0) is 14.9 Å². The number of esters is 1. The van der Waals surface area contributed by atoms with Crippen LogP contribution in [0.2, 0.25) is 0 Å². The fraction of sp³-hybridized carbons (Fsp3) is 0.417. The van der Waals surface area contributed by atoms with Gasteiger partial charge < -0.3 is 8.92 Å². The van der Waals surface area contributed by atoms with Crippen molar-refractivity contribution in [2.45, 2.75) is 26.3 Å². The number of alkyl halides is 3. The molecule has 0 amide bonds. The number of halogens is 3. The fourth-order valence-corrected chi connectivity index (χ4v) is 1.65. The number of benzene rings is 1. The molecule has 0 aliphatic heterocycles. The van der Waals surface area contributed by atoms with Gasteiger partial charge in [0.05, 0.1) is 12.7 Å². The minimum atomic E-state index is -5.77. The van der Waals surface area contributed by atoms with Crippen molar-refractivity contribution in [1.82, 2.24) is 0 Å². The second-order valence-electron chi connectivity index (χ2n) is 3.51. The first-order valence-corrected chi connectivity index (χ1v) is 7.18. The molecule has 0 unspecified atom stereocenters. The number of ether oxygens (including phenoxy) is 1. The van der Waals surface area contributed by atoms with E-state index in [1.54, 1.807) is 0 Å². The summed E-state index contributed by atoms with van der Waals surface area (Å²) in [5.41, 5.74) is -5.31. The van der Waals surface area contributed by atoms with Crippen LogP contribution in [0.3, 0.4) is 0 Å². The van der Waals surface area contributed by atoms with Crippen LogP contribution in [0.25, 0.3) is 0 Å². The number of methoxy groups -OCH3 is 1. The van der Waals surface area contributed by atoms with Gasteiger partial charge in [-0.15, -0.1) is 0 Å². The van der Waals surface area contributed by atoms with Gasteiger partial charge in [-0.1, -0.05) is 13.8 Å².